The predicted molar refractivity (Wildman–Crippen MR) is 110 cm³/mol. The van der Waals surface area contributed by atoms with Gasteiger partial charge in [-0.05, 0) is 61.7 Å². The van der Waals surface area contributed by atoms with Crippen LogP contribution in [0.1, 0.15) is 24.1 Å². The maximum absolute atomic E-state index is 5.42. The van der Waals surface area contributed by atoms with Crippen molar-refractivity contribution in [1.29, 1.82) is 0 Å². The van der Waals surface area contributed by atoms with Crippen LogP contribution in [0.3, 0.4) is 0 Å². The third-order valence-corrected chi connectivity index (χ3v) is 5.97. The molecule has 2 aromatic rings. The summed E-state index contributed by atoms with van der Waals surface area (Å²) in [7, 11) is 7.61. The van der Waals surface area contributed by atoms with E-state index in [0.29, 0.717) is 6.04 Å². The Hall–Kier alpha value is -2.40. The molecule has 0 fully saturated rings. The third kappa shape index (κ3) is 3.21. The van der Waals surface area contributed by atoms with Gasteiger partial charge in [0.1, 0.15) is 0 Å². The van der Waals surface area contributed by atoms with E-state index in [1.165, 1.54) is 22.7 Å². The molecule has 5 heteroatoms. The lowest BCUT2D eigenvalue weighted by Gasteiger charge is -2.22. The number of methoxy groups -OCH3 is 2. The number of anilines is 1. The zero-order chi connectivity index (χ0) is 19.0. The molecule has 0 bridgehead atoms. The van der Waals surface area contributed by atoms with Crippen molar-refractivity contribution in [2.24, 2.45) is 7.05 Å². The molecular formula is C22H29N3O2. The maximum Gasteiger partial charge on any atom is 0.162 e. The van der Waals surface area contributed by atoms with Gasteiger partial charge in [0.15, 0.2) is 11.5 Å². The topological polar surface area (TPSA) is 47.5 Å². The number of ether oxygens (including phenoxy) is 2. The molecule has 2 aliphatic rings. The molecule has 1 aromatic heterocycles. The lowest BCUT2D eigenvalue weighted by atomic mass is 9.91. The molecular weight excluding hydrogens is 338 g/mol. The van der Waals surface area contributed by atoms with Crippen LogP contribution < -0.4 is 30.7 Å². The number of nitrogens with zero attached hydrogens (tertiary/aromatic N) is 1. The first kappa shape index (κ1) is 18.0. The van der Waals surface area contributed by atoms with Crippen LogP contribution in [0.25, 0.3) is 12.2 Å². The van der Waals surface area contributed by atoms with Crippen molar-refractivity contribution in [2.75, 3.05) is 26.6 Å². The number of hydrogen-bond donors (Lipinski definition) is 2. The standard InChI is InChI=1S/C22H29N3O2/c1-23-14-6-9-19-18(11-14)17-8-5-15(12-20(17)25(19)2)24-16-7-10-21(26-3)22(13-16)27-4/h7-8,10,12-15,23-24H,5-6,9,11H2,1-4H3. The van der Waals surface area contributed by atoms with Gasteiger partial charge in [-0.25, -0.2) is 0 Å². The van der Waals surface area contributed by atoms with E-state index in [1.54, 1.807) is 19.8 Å². The fourth-order valence-corrected chi connectivity index (χ4v) is 4.46. The van der Waals surface area contributed by atoms with Crippen LogP contribution in [0.15, 0.2) is 18.2 Å². The van der Waals surface area contributed by atoms with Crippen LogP contribution in [-0.2, 0) is 19.9 Å². The number of aromatic nitrogens is 1. The van der Waals surface area contributed by atoms with Crippen LogP contribution in [0.4, 0.5) is 5.69 Å². The van der Waals surface area contributed by atoms with E-state index in [4.69, 9.17) is 9.47 Å². The molecule has 2 aliphatic carbocycles. The van der Waals surface area contributed by atoms with Crippen molar-refractivity contribution in [3.63, 3.8) is 0 Å². The van der Waals surface area contributed by atoms with Crippen molar-refractivity contribution >= 4 is 17.8 Å². The van der Waals surface area contributed by atoms with Crippen molar-refractivity contribution in [1.82, 2.24) is 9.88 Å². The van der Waals surface area contributed by atoms with Gasteiger partial charge in [-0.3, -0.25) is 0 Å². The van der Waals surface area contributed by atoms with Gasteiger partial charge in [0.05, 0.1) is 20.3 Å². The highest BCUT2D eigenvalue weighted by Gasteiger charge is 2.24. The minimum Gasteiger partial charge on any atom is -0.493 e. The molecule has 0 radical (unpaired) electrons. The molecule has 2 unspecified atom stereocenters. The molecule has 0 aliphatic heterocycles. The lowest BCUT2D eigenvalue weighted by Crippen LogP contribution is -2.38. The molecule has 1 heterocycles. The average Bonchev–Trinajstić information content (AvgIpc) is 2.99. The van der Waals surface area contributed by atoms with Gasteiger partial charge in [0, 0.05) is 35.9 Å². The van der Waals surface area contributed by atoms with Gasteiger partial charge in [0.25, 0.3) is 0 Å². The quantitative estimate of drug-likeness (QED) is 0.842. The van der Waals surface area contributed by atoms with Gasteiger partial charge >= 0.3 is 0 Å². The zero-order valence-corrected chi connectivity index (χ0v) is 16.6. The summed E-state index contributed by atoms with van der Waals surface area (Å²) in [5, 5.41) is 9.87. The summed E-state index contributed by atoms with van der Waals surface area (Å²) in [4.78, 5) is 0. The van der Waals surface area contributed by atoms with Crippen LogP contribution in [0.5, 0.6) is 11.5 Å². The predicted octanol–water partition coefficient (Wildman–Crippen LogP) is 1.56. The van der Waals surface area contributed by atoms with Crippen LogP contribution >= 0.6 is 0 Å². The molecule has 27 heavy (non-hydrogen) atoms. The average molecular weight is 367 g/mol. The minimum atomic E-state index is 0.269. The fraction of sp³-hybridized carbons (Fsp3) is 0.455. The van der Waals surface area contributed by atoms with E-state index < -0.39 is 0 Å². The number of likely N-dealkylation sites (N-methyl/N-ethyl adjacent to an activating group) is 1. The first-order valence-corrected chi connectivity index (χ1v) is 9.69. The first-order chi connectivity index (χ1) is 13.1. The molecule has 1 aromatic carbocycles. The summed E-state index contributed by atoms with van der Waals surface area (Å²) in [6, 6.07) is 6.84. The van der Waals surface area contributed by atoms with Crippen molar-refractivity contribution in [3.05, 3.63) is 40.0 Å². The Kier molecular flexibility index (Phi) is 4.87. The molecule has 0 spiro atoms. The summed E-state index contributed by atoms with van der Waals surface area (Å²) >= 11 is 0. The Morgan fingerprint density at radius 1 is 1.15 bits per heavy atom. The molecule has 2 atom stereocenters. The van der Waals surface area contributed by atoms with E-state index in [2.05, 4.69) is 41.4 Å². The monoisotopic (exact) mass is 367 g/mol. The number of fused-ring (bicyclic) bond motifs is 3. The van der Waals surface area contributed by atoms with Crippen molar-refractivity contribution < 1.29 is 9.47 Å². The van der Waals surface area contributed by atoms with Crippen molar-refractivity contribution in [3.8, 4) is 11.5 Å². The lowest BCUT2D eigenvalue weighted by molar-refractivity contribution is 0.355. The Labute approximate surface area is 160 Å². The van der Waals surface area contributed by atoms with E-state index in [0.717, 1.165) is 36.4 Å². The highest BCUT2D eigenvalue weighted by atomic mass is 16.5. The van der Waals surface area contributed by atoms with E-state index >= 15 is 0 Å². The van der Waals surface area contributed by atoms with Gasteiger partial charge in [-0.1, -0.05) is 6.08 Å². The van der Waals surface area contributed by atoms with Gasteiger partial charge in [-0.2, -0.15) is 0 Å². The van der Waals surface area contributed by atoms with E-state index in [-0.39, 0.29) is 6.04 Å². The molecule has 0 amide bonds. The van der Waals surface area contributed by atoms with Gasteiger partial charge < -0.3 is 24.7 Å². The second-order valence-electron chi connectivity index (χ2n) is 7.44. The van der Waals surface area contributed by atoms with Crippen LogP contribution in [0, 0.1) is 0 Å². The summed E-state index contributed by atoms with van der Waals surface area (Å²) < 4.78 is 13.2. The summed E-state index contributed by atoms with van der Waals surface area (Å²) in [5.74, 6) is 1.49. The molecule has 0 saturated heterocycles. The normalized spacial score (nSPS) is 20.7. The fourth-order valence-electron chi connectivity index (χ4n) is 4.46. The number of nitrogens with one attached hydrogen (secondary N) is 2. The molecule has 4 rings (SSSR count). The van der Waals surface area contributed by atoms with Crippen LogP contribution in [-0.4, -0.2) is 37.9 Å². The Morgan fingerprint density at radius 2 is 1.96 bits per heavy atom. The molecule has 144 valence electrons. The van der Waals surface area contributed by atoms with Crippen LogP contribution in [0.2, 0.25) is 0 Å². The third-order valence-electron chi connectivity index (χ3n) is 5.97. The largest absolute Gasteiger partial charge is 0.493 e. The molecule has 5 nitrogen and oxygen atoms in total. The highest BCUT2D eigenvalue weighted by Crippen LogP contribution is 2.30. The Morgan fingerprint density at radius 3 is 2.70 bits per heavy atom. The Balaban J connectivity index is 1.63. The van der Waals surface area contributed by atoms with Gasteiger partial charge in [0.2, 0.25) is 0 Å². The molecule has 2 N–H and O–H groups in total. The molecule has 0 saturated carbocycles. The first-order valence-electron chi connectivity index (χ1n) is 9.69. The number of rotatable bonds is 5. The Bertz CT molecular complexity index is 961. The SMILES string of the molecule is CNC1CCc2c(c3c(n2C)=CC(Nc2ccc(OC)c(OC)c2)CC=3)C1. The second kappa shape index (κ2) is 7.31. The second-order valence-corrected chi connectivity index (χ2v) is 7.44. The van der Waals surface area contributed by atoms with E-state index in [9.17, 15) is 0 Å². The number of benzene rings is 1. The zero-order valence-electron chi connectivity index (χ0n) is 16.6. The van der Waals surface area contributed by atoms with Crippen molar-refractivity contribution in [2.45, 2.75) is 37.8 Å². The highest BCUT2D eigenvalue weighted by molar-refractivity contribution is 5.59. The van der Waals surface area contributed by atoms with Gasteiger partial charge in [-0.15, -0.1) is 0 Å². The smallest absolute Gasteiger partial charge is 0.162 e. The van der Waals surface area contributed by atoms with E-state index in [1.807, 2.05) is 18.2 Å². The summed E-state index contributed by atoms with van der Waals surface area (Å²) in [6.45, 7) is 0. The summed E-state index contributed by atoms with van der Waals surface area (Å²) in [6.07, 6.45) is 9.27. The maximum atomic E-state index is 5.42. The number of hydrogen-bond acceptors (Lipinski definition) is 4. The minimum absolute atomic E-state index is 0.269. The summed E-state index contributed by atoms with van der Waals surface area (Å²) in [5.41, 5.74) is 4.09.